The van der Waals surface area contributed by atoms with Crippen LogP contribution >= 0.6 is 0 Å². The van der Waals surface area contributed by atoms with Gasteiger partial charge in [-0.2, -0.15) is 5.06 Å². The number of hydroxylamine groups is 2. The fraction of sp³-hybridized carbons (Fsp3) is 0.889. The highest BCUT2D eigenvalue weighted by molar-refractivity contribution is 5.65. The van der Waals surface area contributed by atoms with Crippen LogP contribution in [0.5, 0.6) is 0 Å². The Morgan fingerprint density at radius 3 is 2.62 bits per heavy atom. The standard InChI is InChI=1S/C9H18N2O2/c1-7(2)8-5-10-6-9(12-3)11(8)13-4/h5,7-9H,6H2,1-4H3/t8-,9?/m0/s1. The molecule has 0 fully saturated rings. The summed E-state index contributed by atoms with van der Waals surface area (Å²) in [6.07, 6.45) is 1.88. The summed E-state index contributed by atoms with van der Waals surface area (Å²) in [5.74, 6) is 0.474. The van der Waals surface area contributed by atoms with Gasteiger partial charge in [-0.25, -0.2) is 0 Å². The summed E-state index contributed by atoms with van der Waals surface area (Å²) >= 11 is 0. The van der Waals surface area contributed by atoms with Crippen LogP contribution < -0.4 is 0 Å². The number of hydrogen-bond donors (Lipinski definition) is 0. The van der Waals surface area contributed by atoms with Crippen LogP contribution in [0.3, 0.4) is 0 Å². The van der Waals surface area contributed by atoms with Gasteiger partial charge in [0.15, 0.2) is 6.23 Å². The summed E-state index contributed by atoms with van der Waals surface area (Å²) in [5, 5.41) is 1.86. The van der Waals surface area contributed by atoms with Crippen molar-refractivity contribution in [3.63, 3.8) is 0 Å². The van der Waals surface area contributed by atoms with Gasteiger partial charge in [0.2, 0.25) is 0 Å². The summed E-state index contributed by atoms with van der Waals surface area (Å²) in [4.78, 5) is 9.54. The average molecular weight is 186 g/mol. The van der Waals surface area contributed by atoms with Crippen molar-refractivity contribution in [1.29, 1.82) is 0 Å². The average Bonchev–Trinajstić information content (AvgIpc) is 2.16. The number of nitrogens with zero attached hydrogens (tertiary/aromatic N) is 2. The summed E-state index contributed by atoms with van der Waals surface area (Å²) in [7, 11) is 3.34. The molecule has 0 amide bonds. The van der Waals surface area contributed by atoms with E-state index in [1.807, 2.05) is 11.3 Å². The number of ether oxygens (including phenoxy) is 1. The molecule has 0 saturated carbocycles. The lowest BCUT2D eigenvalue weighted by Gasteiger charge is -2.37. The summed E-state index contributed by atoms with van der Waals surface area (Å²) < 4.78 is 5.26. The second-order valence-electron chi connectivity index (χ2n) is 3.48. The van der Waals surface area contributed by atoms with E-state index in [-0.39, 0.29) is 12.3 Å². The Morgan fingerprint density at radius 2 is 2.15 bits per heavy atom. The molecule has 1 aliphatic rings. The molecule has 13 heavy (non-hydrogen) atoms. The van der Waals surface area contributed by atoms with Gasteiger partial charge in [-0.1, -0.05) is 13.8 Å². The van der Waals surface area contributed by atoms with Crippen molar-refractivity contribution in [2.75, 3.05) is 20.8 Å². The van der Waals surface area contributed by atoms with Crippen LogP contribution in [0.4, 0.5) is 0 Å². The van der Waals surface area contributed by atoms with Gasteiger partial charge < -0.3 is 4.74 Å². The first kappa shape index (κ1) is 10.6. The molecular weight excluding hydrogens is 168 g/mol. The summed E-state index contributed by atoms with van der Waals surface area (Å²) in [6, 6.07) is 0.212. The quantitative estimate of drug-likeness (QED) is 0.657. The smallest absolute Gasteiger partial charge is 0.152 e. The molecule has 0 saturated heterocycles. The van der Waals surface area contributed by atoms with Gasteiger partial charge in [-0.3, -0.25) is 9.83 Å². The molecule has 0 radical (unpaired) electrons. The van der Waals surface area contributed by atoms with Crippen molar-refractivity contribution in [1.82, 2.24) is 5.06 Å². The van der Waals surface area contributed by atoms with E-state index in [4.69, 9.17) is 9.57 Å². The van der Waals surface area contributed by atoms with E-state index in [9.17, 15) is 0 Å². The highest BCUT2D eigenvalue weighted by Gasteiger charge is 2.30. The molecule has 0 aliphatic carbocycles. The molecule has 1 unspecified atom stereocenters. The third-order valence-corrected chi connectivity index (χ3v) is 2.26. The first-order chi connectivity index (χ1) is 6.20. The van der Waals surface area contributed by atoms with E-state index >= 15 is 0 Å². The molecule has 0 aromatic rings. The SMILES string of the molecule is COC1CN=C[C@@H](C(C)C)N1OC. The number of aliphatic imine (C=N–C) groups is 1. The van der Waals surface area contributed by atoms with E-state index in [2.05, 4.69) is 18.8 Å². The number of methoxy groups -OCH3 is 1. The van der Waals surface area contributed by atoms with Crippen LogP contribution in [0.25, 0.3) is 0 Å². The molecule has 4 heteroatoms. The maximum Gasteiger partial charge on any atom is 0.152 e. The lowest BCUT2D eigenvalue weighted by Crippen LogP contribution is -2.50. The van der Waals surface area contributed by atoms with Crippen LogP contribution in [-0.2, 0) is 9.57 Å². The van der Waals surface area contributed by atoms with Crippen LogP contribution in [0.1, 0.15) is 13.8 Å². The summed E-state index contributed by atoms with van der Waals surface area (Å²) in [6.45, 7) is 4.93. The van der Waals surface area contributed by atoms with E-state index in [1.165, 1.54) is 0 Å². The first-order valence-electron chi connectivity index (χ1n) is 4.56. The Labute approximate surface area is 79.5 Å². The van der Waals surface area contributed by atoms with Gasteiger partial charge in [0, 0.05) is 13.3 Å². The second-order valence-corrected chi connectivity index (χ2v) is 3.48. The predicted molar refractivity (Wildman–Crippen MR) is 51.6 cm³/mol. The normalized spacial score (nSPS) is 29.9. The maximum absolute atomic E-state index is 5.29. The topological polar surface area (TPSA) is 34.1 Å². The van der Waals surface area contributed by atoms with Crippen LogP contribution in [0, 0.1) is 5.92 Å². The van der Waals surface area contributed by atoms with Crippen molar-refractivity contribution in [3.05, 3.63) is 0 Å². The Bertz CT molecular complexity index is 182. The molecule has 1 rings (SSSR count). The zero-order valence-corrected chi connectivity index (χ0v) is 8.73. The molecule has 0 spiro atoms. The van der Waals surface area contributed by atoms with Crippen molar-refractivity contribution in [2.45, 2.75) is 26.1 Å². The third kappa shape index (κ3) is 2.27. The molecule has 2 atom stereocenters. The highest BCUT2D eigenvalue weighted by Crippen LogP contribution is 2.17. The van der Waals surface area contributed by atoms with E-state index in [0.29, 0.717) is 12.5 Å². The minimum atomic E-state index is -0.0533. The van der Waals surface area contributed by atoms with Crippen LogP contribution in [0.2, 0.25) is 0 Å². The van der Waals surface area contributed by atoms with Gasteiger partial charge in [0.25, 0.3) is 0 Å². The summed E-state index contributed by atoms with van der Waals surface area (Å²) in [5.41, 5.74) is 0. The van der Waals surface area contributed by atoms with Gasteiger partial charge in [-0.15, -0.1) is 0 Å². The van der Waals surface area contributed by atoms with Gasteiger partial charge >= 0.3 is 0 Å². The van der Waals surface area contributed by atoms with Gasteiger partial charge in [0.05, 0.1) is 19.7 Å². The zero-order chi connectivity index (χ0) is 9.84. The van der Waals surface area contributed by atoms with E-state index < -0.39 is 0 Å². The largest absolute Gasteiger partial charge is 0.362 e. The van der Waals surface area contributed by atoms with Gasteiger partial charge in [-0.05, 0) is 5.92 Å². The van der Waals surface area contributed by atoms with Crippen molar-refractivity contribution >= 4 is 6.21 Å². The zero-order valence-electron chi connectivity index (χ0n) is 8.73. The van der Waals surface area contributed by atoms with Crippen LogP contribution in [0.15, 0.2) is 4.99 Å². The molecule has 0 bridgehead atoms. The van der Waals surface area contributed by atoms with Gasteiger partial charge in [0.1, 0.15) is 0 Å². The molecule has 76 valence electrons. The van der Waals surface area contributed by atoms with Crippen molar-refractivity contribution < 1.29 is 9.57 Å². The maximum atomic E-state index is 5.29. The lowest BCUT2D eigenvalue weighted by molar-refractivity contribution is -0.244. The van der Waals surface area contributed by atoms with E-state index in [1.54, 1.807) is 14.2 Å². The Hall–Kier alpha value is -0.450. The molecular formula is C9H18N2O2. The lowest BCUT2D eigenvalue weighted by atomic mass is 10.0. The number of rotatable bonds is 3. The molecule has 1 heterocycles. The fourth-order valence-corrected chi connectivity index (χ4v) is 1.48. The molecule has 0 aromatic heterocycles. The minimum absolute atomic E-state index is 0.0533. The molecule has 0 N–H and O–H groups in total. The number of hydrogen-bond acceptors (Lipinski definition) is 4. The van der Waals surface area contributed by atoms with Crippen molar-refractivity contribution in [3.8, 4) is 0 Å². The van der Waals surface area contributed by atoms with Crippen LogP contribution in [-0.4, -0.2) is 44.3 Å². The monoisotopic (exact) mass is 186 g/mol. The first-order valence-corrected chi connectivity index (χ1v) is 4.56. The fourth-order valence-electron chi connectivity index (χ4n) is 1.48. The Morgan fingerprint density at radius 1 is 1.46 bits per heavy atom. The van der Waals surface area contributed by atoms with Crippen molar-refractivity contribution in [2.24, 2.45) is 10.9 Å². The highest BCUT2D eigenvalue weighted by atomic mass is 16.7. The molecule has 4 nitrogen and oxygen atoms in total. The predicted octanol–water partition coefficient (Wildman–Crippen LogP) is 0.931. The van der Waals surface area contributed by atoms with E-state index in [0.717, 1.165) is 0 Å². The third-order valence-electron chi connectivity index (χ3n) is 2.26. The second kappa shape index (κ2) is 4.69. The Balaban J connectivity index is 2.71. The molecule has 0 aromatic carbocycles. The Kier molecular flexibility index (Phi) is 3.84. The minimum Gasteiger partial charge on any atom is -0.362 e. The molecule has 1 aliphatic heterocycles.